The van der Waals surface area contributed by atoms with Gasteiger partial charge in [0.25, 0.3) is 0 Å². The summed E-state index contributed by atoms with van der Waals surface area (Å²) in [6.45, 7) is 3.94. The first-order valence-corrected chi connectivity index (χ1v) is 12.6. The molecule has 0 saturated carbocycles. The number of hydrogen-bond donors (Lipinski definition) is 2. The zero-order valence-corrected chi connectivity index (χ0v) is 20.0. The smallest absolute Gasteiger partial charge is 0.327 e. The summed E-state index contributed by atoms with van der Waals surface area (Å²) in [7, 11) is 0. The summed E-state index contributed by atoms with van der Waals surface area (Å²) in [4.78, 5) is 19.9. The minimum absolute atomic E-state index is 0.346. The fraction of sp³-hybridized carbons (Fsp3) is 0.846. The Morgan fingerprint density at radius 1 is 0.567 bits per heavy atom. The molecule has 0 fully saturated rings. The van der Waals surface area contributed by atoms with Gasteiger partial charge < -0.3 is 10.2 Å². The van der Waals surface area contributed by atoms with Crippen LogP contribution in [0.1, 0.15) is 142 Å². The van der Waals surface area contributed by atoms with Gasteiger partial charge in [0.15, 0.2) is 0 Å². The predicted octanol–water partition coefficient (Wildman–Crippen LogP) is 8.54. The molecule has 0 saturated heterocycles. The van der Waals surface area contributed by atoms with Crippen LogP contribution >= 0.6 is 0 Å². The van der Waals surface area contributed by atoms with Crippen molar-refractivity contribution in [3.63, 3.8) is 0 Å². The Labute approximate surface area is 186 Å². The second kappa shape index (κ2) is 27.7. The molecule has 178 valence electrons. The zero-order valence-electron chi connectivity index (χ0n) is 20.0. The van der Waals surface area contributed by atoms with Gasteiger partial charge in [-0.05, 0) is 13.3 Å². The van der Waals surface area contributed by atoms with Gasteiger partial charge in [-0.2, -0.15) is 0 Å². The van der Waals surface area contributed by atoms with Gasteiger partial charge in [-0.25, -0.2) is 4.79 Å². The highest BCUT2D eigenvalue weighted by molar-refractivity contribution is 5.79. The Kier molecular flexibility index (Phi) is 28.5. The summed E-state index contributed by atoms with van der Waals surface area (Å²) < 4.78 is 0. The summed E-state index contributed by atoms with van der Waals surface area (Å²) in [6, 6.07) is 0. The molecule has 0 aromatic rings. The van der Waals surface area contributed by atoms with Crippen LogP contribution in [0.25, 0.3) is 0 Å². The zero-order chi connectivity index (χ0) is 22.7. The fourth-order valence-corrected chi connectivity index (χ4v) is 3.50. The van der Waals surface area contributed by atoms with Crippen molar-refractivity contribution < 1.29 is 19.8 Å². The van der Waals surface area contributed by atoms with Gasteiger partial charge >= 0.3 is 11.9 Å². The van der Waals surface area contributed by atoms with Gasteiger partial charge in [0.05, 0.1) is 0 Å². The third kappa shape index (κ3) is 34.2. The van der Waals surface area contributed by atoms with Gasteiger partial charge in [0.1, 0.15) is 0 Å². The summed E-state index contributed by atoms with van der Waals surface area (Å²) in [5, 5.41) is 16.4. The molecule has 0 aliphatic carbocycles. The summed E-state index contributed by atoms with van der Waals surface area (Å²) in [5.41, 5.74) is 0. The maximum Gasteiger partial charge on any atom is 0.327 e. The average molecular weight is 427 g/mol. The molecule has 2 N–H and O–H groups in total. The molecule has 0 bridgehead atoms. The predicted molar refractivity (Wildman–Crippen MR) is 128 cm³/mol. The molecule has 0 heterocycles. The van der Waals surface area contributed by atoms with Gasteiger partial charge in [-0.3, -0.25) is 4.79 Å². The molecule has 0 amide bonds. The van der Waals surface area contributed by atoms with Crippen molar-refractivity contribution in [1.29, 1.82) is 0 Å². The van der Waals surface area contributed by atoms with Crippen LogP contribution in [0.4, 0.5) is 0 Å². The lowest BCUT2D eigenvalue weighted by atomic mass is 10.0. The number of unbranched alkanes of at least 4 members (excludes halogenated alkanes) is 18. The molecule has 0 atom stereocenters. The topological polar surface area (TPSA) is 74.6 Å². The molecule has 4 nitrogen and oxygen atoms in total. The average Bonchev–Trinajstić information content (AvgIpc) is 2.70. The monoisotopic (exact) mass is 426 g/mol. The van der Waals surface area contributed by atoms with E-state index in [0.717, 1.165) is 18.9 Å². The van der Waals surface area contributed by atoms with Gasteiger partial charge in [0.2, 0.25) is 0 Å². The minimum atomic E-state index is -0.891. The van der Waals surface area contributed by atoms with Gasteiger partial charge in [0, 0.05) is 12.5 Å². The molecule has 0 aromatic carbocycles. The van der Waals surface area contributed by atoms with Crippen LogP contribution in [0.2, 0.25) is 0 Å². The lowest BCUT2D eigenvalue weighted by molar-refractivity contribution is -0.137. The van der Waals surface area contributed by atoms with Crippen molar-refractivity contribution in [3.8, 4) is 0 Å². The van der Waals surface area contributed by atoms with E-state index in [1.165, 1.54) is 115 Å². The standard InChI is InChI=1S/C22H44O2.C4H6O2/c1-2-3-4-5-6-7-8-9-10-11-12-13-14-15-16-17-18-19-20-21-22(23)24;1-2-3-4(5)6/h2-21H2,1H3,(H,23,24);2-3H,1H3,(H,5,6). The van der Waals surface area contributed by atoms with Crippen LogP contribution in [0.15, 0.2) is 12.2 Å². The Hall–Kier alpha value is -1.32. The molecule has 0 radical (unpaired) electrons. The Bertz CT molecular complexity index is 390. The van der Waals surface area contributed by atoms with Gasteiger partial charge in [-0.1, -0.05) is 129 Å². The van der Waals surface area contributed by atoms with Crippen molar-refractivity contribution in [2.45, 2.75) is 142 Å². The molecule has 0 rings (SSSR count). The van der Waals surface area contributed by atoms with Crippen molar-refractivity contribution in [2.75, 3.05) is 0 Å². The molecule has 0 aliphatic heterocycles. The third-order valence-corrected chi connectivity index (χ3v) is 5.30. The highest BCUT2D eigenvalue weighted by Crippen LogP contribution is 2.14. The normalized spacial score (nSPS) is 10.7. The van der Waals surface area contributed by atoms with E-state index in [2.05, 4.69) is 6.92 Å². The molecule has 0 aliphatic rings. The van der Waals surface area contributed by atoms with E-state index in [-0.39, 0.29) is 0 Å². The highest BCUT2D eigenvalue weighted by Gasteiger charge is 1.97. The first kappa shape index (κ1) is 30.9. The van der Waals surface area contributed by atoms with Crippen molar-refractivity contribution in [1.82, 2.24) is 0 Å². The first-order chi connectivity index (χ1) is 14.5. The summed E-state index contributed by atoms with van der Waals surface area (Å²) in [5.74, 6) is -1.54. The largest absolute Gasteiger partial charge is 0.481 e. The second-order valence-electron chi connectivity index (χ2n) is 8.35. The summed E-state index contributed by atoms with van der Waals surface area (Å²) >= 11 is 0. The maximum atomic E-state index is 10.4. The number of carboxylic acid groups (broad SMARTS) is 2. The van der Waals surface area contributed by atoms with Crippen molar-refractivity contribution in [3.05, 3.63) is 12.2 Å². The molecular formula is C26H50O4. The summed E-state index contributed by atoms with van der Waals surface area (Å²) in [6.07, 6.45) is 28.7. The van der Waals surface area contributed by atoms with Crippen LogP contribution in [0.3, 0.4) is 0 Å². The minimum Gasteiger partial charge on any atom is -0.481 e. The number of rotatable bonds is 21. The van der Waals surface area contributed by atoms with Crippen LogP contribution in [-0.4, -0.2) is 22.2 Å². The number of aliphatic carboxylic acids is 2. The van der Waals surface area contributed by atoms with Crippen LogP contribution in [0, 0.1) is 0 Å². The highest BCUT2D eigenvalue weighted by atomic mass is 16.4. The molecule has 0 spiro atoms. The fourth-order valence-electron chi connectivity index (χ4n) is 3.50. The van der Waals surface area contributed by atoms with E-state index in [1.807, 2.05) is 0 Å². The Balaban J connectivity index is 0. The van der Waals surface area contributed by atoms with E-state index in [0.29, 0.717) is 6.42 Å². The molecule has 0 aromatic heterocycles. The first-order valence-electron chi connectivity index (χ1n) is 12.6. The van der Waals surface area contributed by atoms with Crippen molar-refractivity contribution >= 4 is 11.9 Å². The van der Waals surface area contributed by atoms with E-state index in [4.69, 9.17) is 10.2 Å². The SMILES string of the molecule is CC=CC(=O)O.CCCCCCCCCCCCCCCCCCCCCC(=O)O. The van der Waals surface area contributed by atoms with Crippen LogP contribution < -0.4 is 0 Å². The maximum absolute atomic E-state index is 10.4. The van der Waals surface area contributed by atoms with Gasteiger partial charge in [-0.15, -0.1) is 0 Å². The number of carboxylic acids is 2. The van der Waals surface area contributed by atoms with E-state index >= 15 is 0 Å². The van der Waals surface area contributed by atoms with E-state index < -0.39 is 11.9 Å². The van der Waals surface area contributed by atoms with E-state index in [9.17, 15) is 9.59 Å². The number of hydrogen-bond acceptors (Lipinski definition) is 2. The van der Waals surface area contributed by atoms with E-state index in [1.54, 1.807) is 6.92 Å². The second-order valence-corrected chi connectivity index (χ2v) is 8.35. The lowest BCUT2D eigenvalue weighted by Crippen LogP contribution is -1.93. The molecule has 30 heavy (non-hydrogen) atoms. The van der Waals surface area contributed by atoms with Crippen molar-refractivity contribution in [2.24, 2.45) is 0 Å². The molecule has 0 unspecified atom stereocenters. The molecular weight excluding hydrogens is 376 g/mol. The van der Waals surface area contributed by atoms with Crippen LogP contribution in [0.5, 0.6) is 0 Å². The quantitative estimate of drug-likeness (QED) is 0.142. The molecule has 4 heteroatoms. The van der Waals surface area contributed by atoms with Crippen LogP contribution in [-0.2, 0) is 9.59 Å². The number of allylic oxidation sites excluding steroid dienone is 1. The lowest BCUT2D eigenvalue weighted by Gasteiger charge is -2.03. The third-order valence-electron chi connectivity index (χ3n) is 5.30. The Morgan fingerprint density at radius 2 is 0.867 bits per heavy atom. The number of carbonyl (C=O) groups is 2. The Morgan fingerprint density at radius 3 is 1.07 bits per heavy atom.